The van der Waals surface area contributed by atoms with Crippen LogP contribution >= 0.6 is 15.9 Å². The fourth-order valence-electron chi connectivity index (χ4n) is 2.56. The van der Waals surface area contributed by atoms with E-state index in [9.17, 15) is 4.79 Å². The molecule has 2 rings (SSSR count). The molecule has 1 saturated heterocycles. The lowest BCUT2D eigenvalue weighted by molar-refractivity contribution is -0.126. The molecule has 1 aromatic heterocycles. The third kappa shape index (κ3) is 2.82. The maximum Gasteiger partial charge on any atom is 0.233 e. The average Bonchev–Trinajstić information content (AvgIpc) is 2.83. The Labute approximate surface area is 122 Å². The second kappa shape index (κ2) is 5.59. The van der Waals surface area contributed by atoms with Gasteiger partial charge in [-0.25, -0.2) is 4.98 Å². The van der Waals surface area contributed by atoms with E-state index in [-0.39, 0.29) is 11.3 Å². The molecule has 2 N–H and O–H groups in total. The Balaban J connectivity index is 2.20. The maximum atomic E-state index is 12.6. The van der Waals surface area contributed by atoms with Gasteiger partial charge in [0.05, 0.1) is 5.41 Å². The van der Waals surface area contributed by atoms with Crippen LogP contribution in [0.5, 0.6) is 0 Å². The van der Waals surface area contributed by atoms with Crippen molar-refractivity contribution in [3.8, 4) is 0 Å². The minimum absolute atomic E-state index is 0.0745. The van der Waals surface area contributed by atoms with E-state index < -0.39 is 0 Å². The zero-order chi connectivity index (χ0) is 14.0. The van der Waals surface area contributed by atoms with Crippen molar-refractivity contribution in [2.45, 2.75) is 27.2 Å². The highest BCUT2D eigenvalue weighted by molar-refractivity contribution is 9.10. The fourth-order valence-corrected chi connectivity index (χ4v) is 3.01. The van der Waals surface area contributed by atoms with Gasteiger partial charge in [0.25, 0.3) is 0 Å². The van der Waals surface area contributed by atoms with Gasteiger partial charge in [-0.15, -0.1) is 0 Å². The highest BCUT2D eigenvalue weighted by Gasteiger charge is 2.44. The van der Waals surface area contributed by atoms with Gasteiger partial charge in [-0.05, 0) is 53.4 Å². The number of carbonyl (C=O) groups excluding carboxylic acids is 1. The molecule has 1 atom stereocenters. The molecule has 1 unspecified atom stereocenters. The predicted molar refractivity (Wildman–Crippen MR) is 80.1 cm³/mol. The Kier molecular flexibility index (Phi) is 4.26. The molecular formula is C14H20BrN3O. The first kappa shape index (κ1) is 14.5. The van der Waals surface area contributed by atoms with E-state index in [1.54, 1.807) is 6.20 Å². The van der Waals surface area contributed by atoms with Gasteiger partial charge in [-0.1, -0.05) is 13.8 Å². The predicted octanol–water partition coefficient (Wildman–Crippen LogP) is 2.73. The van der Waals surface area contributed by atoms with Crippen LogP contribution in [0.1, 0.15) is 25.8 Å². The van der Waals surface area contributed by atoms with Gasteiger partial charge < -0.3 is 10.6 Å². The van der Waals surface area contributed by atoms with Crippen molar-refractivity contribution in [1.82, 2.24) is 10.3 Å². The molecule has 19 heavy (non-hydrogen) atoms. The molecule has 0 bridgehead atoms. The van der Waals surface area contributed by atoms with Crippen molar-refractivity contribution in [3.05, 3.63) is 22.3 Å². The number of amides is 1. The summed E-state index contributed by atoms with van der Waals surface area (Å²) in [4.78, 5) is 16.9. The minimum Gasteiger partial charge on any atom is -0.316 e. The summed E-state index contributed by atoms with van der Waals surface area (Å²) < 4.78 is 0.920. The van der Waals surface area contributed by atoms with Crippen LogP contribution in [0.25, 0.3) is 0 Å². The summed E-state index contributed by atoms with van der Waals surface area (Å²) in [5.74, 6) is 1.03. The van der Waals surface area contributed by atoms with Crippen molar-refractivity contribution in [3.63, 3.8) is 0 Å². The number of aryl methyl sites for hydroxylation is 1. The van der Waals surface area contributed by atoms with Crippen LogP contribution in [0.2, 0.25) is 0 Å². The molecule has 4 nitrogen and oxygen atoms in total. The topological polar surface area (TPSA) is 54.0 Å². The standard InChI is InChI=1S/C14H20BrN3O/c1-9(2)14(4-5-16-8-14)13(19)18-12-10(3)6-11(15)7-17-12/h6-7,9,16H,4-5,8H2,1-3H3,(H,17,18,19). The van der Waals surface area contributed by atoms with Crippen molar-refractivity contribution in [2.24, 2.45) is 11.3 Å². The van der Waals surface area contributed by atoms with Crippen molar-refractivity contribution < 1.29 is 4.79 Å². The highest BCUT2D eigenvalue weighted by atomic mass is 79.9. The molecule has 1 aromatic rings. The molecular weight excluding hydrogens is 306 g/mol. The van der Waals surface area contributed by atoms with E-state index in [1.807, 2.05) is 13.0 Å². The molecule has 1 fully saturated rings. The van der Waals surface area contributed by atoms with E-state index in [1.165, 1.54) is 0 Å². The number of halogens is 1. The first-order valence-electron chi connectivity index (χ1n) is 6.60. The van der Waals surface area contributed by atoms with E-state index in [0.717, 1.165) is 29.5 Å². The second-order valence-corrected chi connectivity index (χ2v) is 6.43. The second-order valence-electron chi connectivity index (χ2n) is 5.51. The lowest BCUT2D eigenvalue weighted by Crippen LogP contribution is -2.42. The Morgan fingerprint density at radius 3 is 2.84 bits per heavy atom. The third-order valence-electron chi connectivity index (χ3n) is 4.02. The number of anilines is 1. The molecule has 0 radical (unpaired) electrons. The Morgan fingerprint density at radius 2 is 2.32 bits per heavy atom. The Hall–Kier alpha value is -0.940. The van der Waals surface area contributed by atoms with Crippen LogP contribution in [0.3, 0.4) is 0 Å². The van der Waals surface area contributed by atoms with Crippen molar-refractivity contribution >= 4 is 27.7 Å². The molecule has 1 amide bonds. The molecule has 1 aliphatic heterocycles. The number of hydrogen-bond donors (Lipinski definition) is 2. The average molecular weight is 326 g/mol. The largest absolute Gasteiger partial charge is 0.316 e. The van der Waals surface area contributed by atoms with E-state index in [0.29, 0.717) is 11.7 Å². The number of nitrogens with one attached hydrogen (secondary N) is 2. The lowest BCUT2D eigenvalue weighted by Gasteiger charge is -2.31. The molecule has 0 aromatic carbocycles. The van der Waals surface area contributed by atoms with Gasteiger partial charge in [0.1, 0.15) is 5.82 Å². The molecule has 0 aliphatic carbocycles. The van der Waals surface area contributed by atoms with E-state index in [4.69, 9.17) is 0 Å². The quantitative estimate of drug-likeness (QED) is 0.898. The first-order chi connectivity index (χ1) is 8.95. The molecule has 1 aliphatic rings. The fraction of sp³-hybridized carbons (Fsp3) is 0.571. The highest BCUT2D eigenvalue weighted by Crippen LogP contribution is 2.35. The number of nitrogens with zero attached hydrogens (tertiary/aromatic N) is 1. The lowest BCUT2D eigenvalue weighted by atomic mass is 9.75. The summed E-state index contributed by atoms with van der Waals surface area (Å²) in [6.07, 6.45) is 2.59. The molecule has 5 heteroatoms. The van der Waals surface area contributed by atoms with Crippen molar-refractivity contribution in [2.75, 3.05) is 18.4 Å². The molecule has 2 heterocycles. The van der Waals surface area contributed by atoms with Crippen LogP contribution in [0, 0.1) is 18.3 Å². The zero-order valence-electron chi connectivity index (χ0n) is 11.6. The first-order valence-corrected chi connectivity index (χ1v) is 7.39. The Bertz CT molecular complexity index is 482. The maximum absolute atomic E-state index is 12.6. The monoisotopic (exact) mass is 325 g/mol. The molecule has 104 valence electrons. The van der Waals surface area contributed by atoms with Gasteiger partial charge in [0, 0.05) is 17.2 Å². The minimum atomic E-state index is -0.318. The summed E-state index contributed by atoms with van der Waals surface area (Å²) in [6.45, 7) is 7.80. The third-order valence-corrected chi connectivity index (χ3v) is 4.46. The SMILES string of the molecule is Cc1cc(Br)cnc1NC(=O)C1(C(C)C)CCNC1. The number of rotatable bonds is 3. The van der Waals surface area contributed by atoms with Gasteiger partial charge in [-0.3, -0.25) is 4.79 Å². The number of hydrogen-bond acceptors (Lipinski definition) is 3. The van der Waals surface area contributed by atoms with E-state index in [2.05, 4.69) is 45.4 Å². The number of aromatic nitrogens is 1. The number of carbonyl (C=O) groups is 1. The van der Waals surface area contributed by atoms with Crippen molar-refractivity contribution in [1.29, 1.82) is 0 Å². The van der Waals surface area contributed by atoms with Crippen LogP contribution in [0.15, 0.2) is 16.7 Å². The summed E-state index contributed by atoms with van der Waals surface area (Å²) in [6, 6.07) is 1.96. The summed E-state index contributed by atoms with van der Waals surface area (Å²) in [5, 5.41) is 6.29. The number of pyridine rings is 1. The van der Waals surface area contributed by atoms with Crippen LogP contribution in [0.4, 0.5) is 5.82 Å². The van der Waals surface area contributed by atoms with Crippen LogP contribution in [-0.2, 0) is 4.79 Å². The van der Waals surface area contributed by atoms with E-state index >= 15 is 0 Å². The van der Waals surface area contributed by atoms with Crippen LogP contribution in [-0.4, -0.2) is 24.0 Å². The smallest absolute Gasteiger partial charge is 0.233 e. The summed E-state index contributed by atoms with van der Waals surface area (Å²) >= 11 is 3.38. The summed E-state index contributed by atoms with van der Waals surface area (Å²) in [7, 11) is 0. The van der Waals surface area contributed by atoms with Gasteiger partial charge in [0.2, 0.25) is 5.91 Å². The summed E-state index contributed by atoms with van der Waals surface area (Å²) in [5.41, 5.74) is 0.647. The van der Waals surface area contributed by atoms with Gasteiger partial charge >= 0.3 is 0 Å². The molecule has 0 spiro atoms. The van der Waals surface area contributed by atoms with Crippen LogP contribution < -0.4 is 10.6 Å². The zero-order valence-corrected chi connectivity index (χ0v) is 13.2. The normalized spacial score (nSPS) is 22.8. The Morgan fingerprint density at radius 1 is 1.58 bits per heavy atom. The molecule has 0 saturated carbocycles. The van der Waals surface area contributed by atoms with Gasteiger partial charge in [0.15, 0.2) is 0 Å². The van der Waals surface area contributed by atoms with Gasteiger partial charge in [-0.2, -0.15) is 0 Å².